The summed E-state index contributed by atoms with van der Waals surface area (Å²) in [5.41, 5.74) is 1.72. The minimum atomic E-state index is -0.630. The van der Waals surface area contributed by atoms with Crippen molar-refractivity contribution < 1.29 is 9.90 Å². The maximum Gasteiger partial charge on any atom is 0.310 e. The Morgan fingerprint density at radius 3 is 2.68 bits per heavy atom. The first-order valence-electron chi connectivity index (χ1n) is 8.46. The van der Waals surface area contributed by atoms with Crippen LogP contribution in [0.25, 0.3) is 0 Å². The fourth-order valence-electron chi connectivity index (χ4n) is 4.98. The summed E-state index contributed by atoms with van der Waals surface area (Å²) in [7, 11) is 0. The number of hydrogen-bond acceptors (Lipinski definition) is 1. The minimum Gasteiger partial charge on any atom is -0.481 e. The van der Waals surface area contributed by atoms with E-state index in [0.717, 1.165) is 49.7 Å². The lowest BCUT2D eigenvalue weighted by Gasteiger charge is -2.56. The summed E-state index contributed by atoms with van der Waals surface area (Å²) in [5.74, 6) is -0.307. The number of carboxylic acids is 1. The van der Waals surface area contributed by atoms with E-state index < -0.39 is 11.4 Å². The zero-order valence-corrected chi connectivity index (χ0v) is 14.3. The van der Waals surface area contributed by atoms with Gasteiger partial charge in [-0.05, 0) is 56.3 Å². The zero-order valence-electron chi connectivity index (χ0n) is 14.3. The number of fused-ring (bicyclic) bond motifs is 1. The van der Waals surface area contributed by atoms with Crippen LogP contribution in [0.2, 0.25) is 0 Å². The second kappa shape index (κ2) is 6.06. The van der Waals surface area contributed by atoms with Crippen LogP contribution in [-0.4, -0.2) is 11.1 Å². The van der Waals surface area contributed by atoms with Crippen LogP contribution in [0, 0.1) is 22.7 Å². The highest BCUT2D eigenvalue weighted by molar-refractivity contribution is 5.77. The maximum atomic E-state index is 12.4. The molecule has 2 aliphatic carbocycles. The highest BCUT2D eigenvalue weighted by Crippen LogP contribution is 2.62. The molecule has 0 aromatic carbocycles. The molecular formula is C20H30O2. The molecule has 0 aliphatic heterocycles. The molecule has 2 fully saturated rings. The molecule has 0 aromatic rings. The Balaban J connectivity index is 2.45. The Hall–Kier alpha value is -1.31. The molecule has 2 saturated carbocycles. The van der Waals surface area contributed by atoms with Crippen LogP contribution in [0.3, 0.4) is 0 Å². The normalized spacial score (nSPS) is 34.9. The topological polar surface area (TPSA) is 37.3 Å². The number of carbonyl (C=O) groups is 1. The van der Waals surface area contributed by atoms with Crippen molar-refractivity contribution in [2.75, 3.05) is 0 Å². The van der Waals surface area contributed by atoms with E-state index in [1.54, 1.807) is 0 Å². The third-order valence-corrected chi connectivity index (χ3v) is 6.24. The molecule has 122 valence electrons. The molecule has 3 unspecified atom stereocenters. The van der Waals surface area contributed by atoms with Crippen molar-refractivity contribution in [1.29, 1.82) is 0 Å². The van der Waals surface area contributed by atoms with Crippen molar-refractivity contribution in [2.45, 2.75) is 59.3 Å². The quantitative estimate of drug-likeness (QED) is 0.559. The fraction of sp³-hybridized carbons (Fsp3) is 0.650. The summed E-state index contributed by atoms with van der Waals surface area (Å²) < 4.78 is 0. The number of allylic oxidation sites excluding steroid dienone is 4. The summed E-state index contributed by atoms with van der Waals surface area (Å²) in [4.78, 5) is 12.4. The van der Waals surface area contributed by atoms with Gasteiger partial charge in [0.25, 0.3) is 0 Å². The van der Waals surface area contributed by atoms with Gasteiger partial charge in [-0.1, -0.05) is 56.7 Å². The van der Waals surface area contributed by atoms with E-state index >= 15 is 0 Å². The van der Waals surface area contributed by atoms with E-state index in [9.17, 15) is 9.90 Å². The van der Waals surface area contributed by atoms with Gasteiger partial charge in [0.1, 0.15) is 0 Å². The van der Waals surface area contributed by atoms with Gasteiger partial charge in [0.2, 0.25) is 0 Å². The van der Waals surface area contributed by atoms with Gasteiger partial charge in [-0.25, -0.2) is 0 Å². The summed E-state index contributed by atoms with van der Waals surface area (Å²) in [6, 6.07) is 0. The average Bonchev–Trinajstić information content (AvgIpc) is 2.44. The molecule has 2 aliphatic rings. The van der Waals surface area contributed by atoms with Crippen molar-refractivity contribution in [3.63, 3.8) is 0 Å². The summed E-state index contributed by atoms with van der Waals surface area (Å²) in [5, 5.41) is 10.2. The minimum absolute atomic E-state index is 0.0539. The first-order chi connectivity index (χ1) is 10.3. The zero-order chi connectivity index (χ0) is 16.5. The fourth-order valence-corrected chi connectivity index (χ4v) is 4.98. The largest absolute Gasteiger partial charge is 0.481 e. The monoisotopic (exact) mass is 302 g/mol. The van der Waals surface area contributed by atoms with Crippen molar-refractivity contribution in [3.8, 4) is 0 Å². The Morgan fingerprint density at radius 2 is 2.09 bits per heavy atom. The first kappa shape index (κ1) is 17.1. The maximum absolute atomic E-state index is 12.4. The van der Waals surface area contributed by atoms with Crippen molar-refractivity contribution in [2.24, 2.45) is 22.7 Å². The second-order valence-electron chi connectivity index (χ2n) is 7.88. The SMILES string of the molecule is C=CC(C)=CCC1C(=C)CCC2C(C)(C)CCCC12C(=O)O. The Labute approximate surface area is 135 Å². The second-order valence-corrected chi connectivity index (χ2v) is 7.88. The van der Waals surface area contributed by atoms with Gasteiger partial charge in [0.15, 0.2) is 0 Å². The average molecular weight is 302 g/mol. The molecule has 22 heavy (non-hydrogen) atoms. The summed E-state index contributed by atoms with van der Waals surface area (Å²) in [6.45, 7) is 14.6. The number of rotatable bonds is 4. The molecule has 0 radical (unpaired) electrons. The van der Waals surface area contributed by atoms with Crippen LogP contribution < -0.4 is 0 Å². The van der Waals surface area contributed by atoms with Gasteiger partial charge in [-0.15, -0.1) is 0 Å². The molecular weight excluding hydrogens is 272 g/mol. The summed E-state index contributed by atoms with van der Waals surface area (Å²) >= 11 is 0. The molecule has 2 heteroatoms. The van der Waals surface area contributed by atoms with Gasteiger partial charge in [-0.2, -0.15) is 0 Å². The Bertz CT molecular complexity index is 512. The lowest BCUT2D eigenvalue weighted by Crippen LogP contribution is -2.55. The molecule has 0 amide bonds. The number of hydrogen-bond donors (Lipinski definition) is 1. The number of aliphatic carboxylic acids is 1. The van der Waals surface area contributed by atoms with Crippen LogP contribution in [0.1, 0.15) is 59.3 Å². The Kier molecular flexibility index (Phi) is 4.70. The molecule has 1 N–H and O–H groups in total. The molecule has 0 aromatic heterocycles. The van der Waals surface area contributed by atoms with Gasteiger partial charge < -0.3 is 5.11 Å². The van der Waals surface area contributed by atoms with E-state index in [0.29, 0.717) is 0 Å². The molecule has 0 bridgehead atoms. The van der Waals surface area contributed by atoms with Crippen LogP contribution in [0.5, 0.6) is 0 Å². The Morgan fingerprint density at radius 1 is 1.41 bits per heavy atom. The van der Waals surface area contributed by atoms with E-state index in [1.807, 2.05) is 13.0 Å². The highest BCUT2D eigenvalue weighted by atomic mass is 16.4. The standard InChI is InChI=1S/C20H30O2/c1-6-14(2)8-10-16-15(3)9-11-17-19(4,5)12-7-13-20(16,17)18(21)22/h6,8,16-17H,1,3,7,9-13H2,2,4-5H3,(H,21,22). The molecule has 2 rings (SSSR count). The van der Waals surface area contributed by atoms with E-state index in [2.05, 4.69) is 33.1 Å². The lowest BCUT2D eigenvalue weighted by molar-refractivity contribution is -0.170. The van der Waals surface area contributed by atoms with Gasteiger partial charge in [-0.3, -0.25) is 4.79 Å². The van der Waals surface area contributed by atoms with Crippen LogP contribution >= 0.6 is 0 Å². The first-order valence-corrected chi connectivity index (χ1v) is 8.46. The lowest BCUT2D eigenvalue weighted by atomic mass is 9.46. The molecule has 2 nitrogen and oxygen atoms in total. The van der Waals surface area contributed by atoms with Crippen molar-refractivity contribution >= 4 is 5.97 Å². The number of carboxylic acid groups (broad SMARTS) is 1. The molecule has 3 atom stereocenters. The van der Waals surface area contributed by atoms with E-state index in [-0.39, 0.29) is 17.3 Å². The van der Waals surface area contributed by atoms with Crippen LogP contribution in [0.4, 0.5) is 0 Å². The van der Waals surface area contributed by atoms with Gasteiger partial charge >= 0.3 is 5.97 Å². The third kappa shape index (κ3) is 2.68. The summed E-state index contributed by atoms with van der Waals surface area (Å²) in [6.07, 6.45) is 9.61. The molecule has 0 spiro atoms. The van der Waals surface area contributed by atoms with Gasteiger partial charge in [0.05, 0.1) is 5.41 Å². The smallest absolute Gasteiger partial charge is 0.310 e. The van der Waals surface area contributed by atoms with Crippen molar-refractivity contribution in [1.82, 2.24) is 0 Å². The molecule has 0 heterocycles. The predicted molar refractivity (Wildman–Crippen MR) is 91.6 cm³/mol. The van der Waals surface area contributed by atoms with E-state index in [1.165, 1.54) is 0 Å². The van der Waals surface area contributed by atoms with Crippen molar-refractivity contribution in [3.05, 3.63) is 36.5 Å². The van der Waals surface area contributed by atoms with Crippen LogP contribution in [-0.2, 0) is 4.79 Å². The van der Waals surface area contributed by atoms with Gasteiger partial charge in [0, 0.05) is 0 Å². The van der Waals surface area contributed by atoms with E-state index in [4.69, 9.17) is 0 Å². The molecule has 0 saturated heterocycles. The third-order valence-electron chi connectivity index (χ3n) is 6.24. The van der Waals surface area contributed by atoms with Crippen LogP contribution in [0.15, 0.2) is 36.5 Å². The highest BCUT2D eigenvalue weighted by Gasteiger charge is 2.59. The predicted octanol–water partition coefficient (Wildman–Crippen LogP) is 5.37.